The van der Waals surface area contributed by atoms with Crippen LogP contribution in [-0.2, 0) is 20.7 Å². The van der Waals surface area contributed by atoms with Crippen molar-refractivity contribution < 1.29 is 23.8 Å². The summed E-state index contributed by atoms with van der Waals surface area (Å²) >= 11 is 5.62. The monoisotopic (exact) mass is 574 g/mol. The molecule has 224 valence electrons. The maximum Gasteiger partial charge on any atom is 0.416 e. The molecule has 0 saturated carbocycles. The van der Waals surface area contributed by atoms with E-state index in [-0.39, 0.29) is 24.4 Å². The van der Waals surface area contributed by atoms with E-state index in [0.717, 1.165) is 30.4 Å². The Bertz CT molecular complexity index is 1010. The maximum absolute atomic E-state index is 13.3. The largest absolute Gasteiger partial charge is 0.491 e. The molecular formula is C32H50N2O5S. The summed E-state index contributed by atoms with van der Waals surface area (Å²) in [5.41, 5.74) is 2.66. The van der Waals surface area contributed by atoms with Gasteiger partial charge in [0.05, 0.1) is 24.9 Å². The number of amides is 1. The summed E-state index contributed by atoms with van der Waals surface area (Å²) in [4.78, 5) is 28.0. The van der Waals surface area contributed by atoms with Crippen LogP contribution in [0.5, 0.6) is 5.75 Å². The second kappa shape index (κ2) is 17.9. The molecule has 40 heavy (non-hydrogen) atoms. The molecule has 0 aliphatic carbocycles. The van der Waals surface area contributed by atoms with Crippen molar-refractivity contribution >= 4 is 29.4 Å². The summed E-state index contributed by atoms with van der Waals surface area (Å²) in [6.07, 6.45) is 12.6. The molecule has 1 unspecified atom stereocenters. The molecular weight excluding hydrogens is 524 g/mol. The van der Waals surface area contributed by atoms with Crippen LogP contribution in [0.1, 0.15) is 123 Å². The number of rotatable bonds is 17. The summed E-state index contributed by atoms with van der Waals surface area (Å²) in [5, 5.41) is 3.20. The highest BCUT2D eigenvalue weighted by molar-refractivity contribution is 7.80. The zero-order valence-electron chi connectivity index (χ0n) is 25.5. The van der Waals surface area contributed by atoms with Gasteiger partial charge in [0.1, 0.15) is 11.8 Å². The van der Waals surface area contributed by atoms with Crippen LogP contribution >= 0.6 is 12.2 Å². The molecule has 1 aromatic rings. The Hall–Kier alpha value is -2.61. The molecule has 1 aliphatic rings. The second-order valence-corrected chi connectivity index (χ2v) is 11.0. The number of nitrogens with one attached hydrogen (secondary N) is 1. The number of carbonyl (C=O) groups excluding carboxylic acids is 2. The van der Waals surface area contributed by atoms with Gasteiger partial charge in [-0.3, -0.25) is 0 Å². The van der Waals surface area contributed by atoms with Gasteiger partial charge in [-0.2, -0.15) is 0 Å². The topological polar surface area (TPSA) is 77.1 Å². The molecule has 0 aromatic heterocycles. The minimum absolute atomic E-state index is 0.104. The molecule has 1 amide bonds. The lowest BCUT2D eigenvalue weighted by atomic mass is 9.88. The molecule has 0 bridgehead atoms. The van der Waals surface area contributed by atoms with Crippen molar-refractivity contribution in [3.8, 4) is 5.75 Å². The molecule has 1 aliphatic heterocycles. The SMILES string of the molecule is CCCCCCCCCCCCc1cccc(OC(C)C)c1C1C(C(=O)OCC)=C(C)NC(=S)N1C(=O)OCC. The van der Waals surface area contributed by atoms with Crippen LogP contribution in [0.3, 0.4) is 0 Å². The van der Waals surface area contributed by atoms with E-state index in [1.165, 1.54) is 56.3 Å². The van der Waals surface area contributed by atoms with Crippen LogP contribution in [-0.4, -0.2) is 41.4 Å². The Kier molecular flexibility index (Phi) is 15.1. The number of thiocarbonyl (C=S) groups is 1. The number of nitrogens with zero attached hydrogens (tertiary/aromatic N) is 1. The van der Waals surface area contributed by atoms with E-state index in [1.54, 1.807) is 20.8 Å². The Balaban J connectivity index is 2.39. The highest BCUT2D eigenvalue weighted by Crippen LogP contribution is 2.42. The lowest BCUT2D eigenvalue weighted by Gasteiger charge is -2.39. The van der Waals surface area contributed by atoms with Crippen molar-refractivity contribution in [2.24, 2.45) is 0 Å². The Morgan fingerprint density at radius 3 is 2.10 bits per heavy atom. The van der Waals surface area contributed by atoms with E-state index in [2.05, 4.69) is 18.3 Å². The fourth-order valence-corrected chi connectivity index (χ4v) is 5.48. The van der Waals surface area contributed by atoms with E-state index in [9.17, 15) is 9.59 Å². The van der Waals surface area contributed by atoms with Gasteiger partial charge >= 0.3 is 12.1 Å². The molecule has 1 atom stereocenters. The zero-order valence-corrected chi connectivity index (χ0v) is 26.3. The van der Waals surface area contributed by atoms with E-state index in [1.807, 2.05) is 26.0 Å². The van der Waals surface area contributed by atoms with Gasteiger partial charge in [-0.25, -0.2) is 14.5 Å². The summed E-state index contributed by atoms with van der Waals surface area (Å²) in [6, 6.07) is 5.09. The first kappa shape index (κ1) is 33.6. The quantitative estimate of drug-likeness (QED) is 0.114. The fourth-order valence-electron chi connectivity index (χ4n) is 5.15. The van der Waals surface area contributed by atoms with Gasteiger partial charge in [-0.05, 0) is 71.3 Å². The first-order chi connectivity index (χ1) is 19.3. The molecule has 1 heterocycles. The van der Waals surface area contributed by atoms with Gasteiger partial charge in [0, 0.05) is 11.3 Å². The van der Waals surface area contributed by atoms with Crippen molar-refractivity contribution in [1.82, 2.24) is 10.2 Å². The standard InChI is InChI=1S/C32H50N2O5S/c1-7-10-11-12-13-14-15-16-17-18-20-25-21-19-22-26(39-23(4)5)28(25)29-27(30(35)37-8-2)24(6)33-31(40)34(29)32(36)38-9-3/h19,21-23,29H,7-18,20H2,1-6H3,(H,33,40). The number of benzene rings is 1. The Labute approximate surface area is 247 Å². The molecule has 0 saturated heterocycles. The predicted molar refractivity (Wildman–Crippen MR) is 164 cm³/mol. The first-order valence-electron chi connectivity index (χ1n) is 15.2. The maximum atomic E-state index is 13.3. The fraction of sp³-hybridized carbons (Fsp3) is 0.656. The Morgan fingerprint density at radius 2 is 1.52 bits per heavy atom. The van der Waals surface area contributed by atoms with Crippen molar-refractivity contribution in [2.75, 3.05) is 13.2 Å². The summed E-state index contributed by atoms with van der Waals surface area (Å²) in [6.45, 7) is 11.8. The van der Waals surface area contributed by atoms with Gasteiger partial charge in [0.15, 0.2) is 5.11 Å². The van der Waals surface area contributed by atoms with Gasteiger partial charge < -0.3 is 19.5 Å². The molecule has 0 fully saturated rings. The van der Waals surface area contributed by atoms with Gasteiger partial charge in [0.2, 0.25) is 0 Å². The third-order valence-electron chi connectivity index (χ3n) is 7.00. The van der Waals surface area contributed by atoms with E-state index in [4.69, 9.17) is 26.4 Å². The highest BCUT2D eigenvalue weighted by Gasteiger charge is 2.43. The number of esters is 1. The van der Waals surface area contributed by atoms with Crippen LogP contribution in [0, 0.1) is 0 Å². The lowest BCUT2D eigenvalue weighted by molar-refractivity contribution is -0.139. The van der Waals surface area contributed by atoms with Crippen molar-refractivity contribution in [3.63, 3.8) is 0 Å². The molecule has 1 N–H and O–H groups in total. The molecule has 8 heteroatoms. The van der Waals surface area contributed by atoms with Crippen LogP contribution in [0.25, 0.3) is 0 Å². The molecule has 0 radical (unpaired) electrons. The Morgan fingerprint density at radius 1 is 0.925 bits per heavy atom. The number of carbonyl (C=O) groups is 2. The summed E-state index contributed by atoms with van der Waals surface area (Å²) in [5.74, 6) is 0.122. The summed E-state index contributed by atoms with van der Waals surface area (Å²) < 4.78 is 17.1. The van der Waals surface area contributed by atoms with Crippen LogP contribution in [0.4, 0.5) is 4.79 Å². The highest BCUT2D eigenvalue weighted by atomic mass is 32.1. The van der Waals surface area contributed by atoms with Crippen molar-refractivity contribution in [2.45, 2.75) is 124 Å². The molecule has 7 nitrogen and oxygen atoms in total. The van der Waals surface area contributed by atoms with Gasteiger partial charge in [-0.15, -0.1) is 0 Å². The van der Waals surface area contributed by atoms with Crippen molar-refractivity contribution in [3.05, 3.63) is 40.6 Å². The first-order valence-corrected chi connectivity index (χ1v) is 15.6. The third kappa shape index (κ3) is 9.79. The normalized spacial score (nSPS) is 15.3. The molecule has 0 spiro atoms. The second-order valence-electron chi connectivity index (χ2n) is 10.6. The van der Waals surface area contributed by atoms with E-state index in [0.29, 0.717) is 17.0 Å². The van der Waals surface area contributed by atoms with Crippen LogP contribution < -0.4 is 10.1 Å². The third-order valence-corrected chi connectivity index (χ3v) is 7.30. The molecule has 2 rings (SSSR count). The smallest absolute Gasteiger partial charge is 0.416 e. The number of ether oxygens (including phenoxy) is 3. The minimum Gasteiger partial charge on any atom is -0.491 e. The average molecular weight is 575 g/mol. The zero-order chi connectivity index (χ0) is 29.5. The van der Waals surface area contributed by atoms with E-state index < -0.39 is 18.1 Å². The number of unbranched alkanes of at least 4 members (excludes halogenated alkanes) is 9. The minimum atomic E-state index is -0.833. The average Bonchev–Trinajstić information content (AvgIpc) is 2.89. The number of aryl methyl sites for hydroxylation is 1. The van der Waals surface area contributed by atoms with Crippen molar-refractivity contribution in [1.29, 1.82) is 0 Å². The number of allylic oxidation sites excluding steroid dienone is 1. The van der Waals surface area contributed by atoms with Gasteiger partial charge in [-0.1, -0.05) is 76.8 Å². The lowest BCUT2D eigenvalue weighted by Crippen LogP contribution is -2.51. The van der Waals surface area contributed by atoms with Gasteiger partial charge in [0.25, 0.3) is 0 Å². The van der Waals surface area contributed by atoms with E-state index >= 15 is 0 Å². The van der Waals surface area contributed by atoms with Crippen LogP contribution in [0.15, 0.2) is 29.5 Å². The number of hydrogen-bond acceptors (Lipinski definition) is 6. The predicted octanol–water partition coefficient (Wildman–Crippen LogP) is 8.16. The molecule has 1 aromatic carbocycles. The summed E-state index contributed by atoms with van der Waals surface area (Å²) in [7, 11) is 0. The van der Waals surface area contributed by atoms with Crippen LogP contribution in [0.2, 0.25) is 0 Å². The number of hydrogen-bond donors (Lipinski definition) is 1.